The number of hydrogen-bond acceptors (Lipinski definition) is 3. The molecule has 134 valence electrons. The lowest BCUT2D eigenvalue weighted by molar-refractivity contribution is -0.120. The zero-order valence-electron chi connectivity index (χ0n) is 15.1. The highest BCUT2D eigenvalue weighted by molar-refractivity contribution is 6.03. The van der Waals surface area contributed by atoms with Crippen LogP contribution in [-0.2, 0) is 4.79 Å². The summed E-state index contributed by atoms with van der Waals surface area (Å²) in [6.45, 7) is 6.08. The number of benzene rings is 1. The number of anilines is 2. The number of rotatable bonds is 8. The van der Waals surface area contributed by atoms with Crippen LogP contribution in [0.25, 0.3) is 0 Å². The van der Waals surface area contributed by atoms with E-state index in [4.69, 9.17) is 4.42 Å². The molecular formula is C20H26N2O3. The molecule has 1 aromatic carbocycles. The molecule has 1 heterocycles. The van der Waals surface area contributed by atoms with Crippen LogP contribution in [0.5, 0.6) is 0 Å². The van der Waals surface area contributed by atoms with Crippen molar-refractivity contribution in [1.82, 2.24) is 0 Å². The second kappa shape index (κ2) is 9.06. The third-order valence-electron chi connectivity index (χ3n) is 4.13. The predicted octanol–water partition coefficient (Wildman–Crippen LogP) is 5.00. The van der Waals surface area contributed by atoms with E-state index in [1.54, 1.807) is 24.3 Å². The molecule has 5 heteroatoms. The number of amides is 2. The summed E-state index contributed by atoms with van der Waals surface area (Å²) in [5.41, 5.74) is 2.31. The van der Waals surface area contributed by atoms with Crippen molar-refractivity contribution in [2.75, 3.05) is 10.6 Å². The van der Waals surface area contributed by atoms with E-state index < -0.39 is 0 Å². The Morgan fingerprint density at radius 3 is 2.36 bits per heavy atom. The molecule has 1 aromatic heterocycles. The molecule has 0 spiro atoms. The van der Waals surface area contributed by atoms with Gasteiger partial charge in [-0.05, 0) is 55.7 Å². The van der Waals surface area contributed by atoms with E-state index in [1.165, 1.54) is 6.26 Å². The first-order valence-corrected chi connectivity index (χ1v) is 8.81. The van der Waals surface area contributed by atoms with Crippen LogP contribution in [0, 0.1) is 12.8 Å². The topological polar surface area (TPSA) is 71.3 Å². The molecule has 2 amide bonds. The van der Waals surface area contributed by atoms with Gasteiger partial charge in [0.2, 0.25) is 5.91 Å². The van der Waals surface area contributed by atoms with Gasteiger partial charge < -0.3 is 15.1 Å². The predicted molar refractivity (Wildman–Crippen MR) is 99.8 cm³/mol. The van der Waals surface area contributed by atoms with E-state index in [0.717, 1.165) is 36.9 Å². The van der Waals surface area contributed by atoms with Gasteiger partial charge in [0.25, 0.3) is 5.91 Å². The summed E-state index contributed by atoms with van der Waals surface area (Å²) in [5, 5.41) is 5.80. The monoisotopic (exact) mass is 342 g/mol. The van der Waals surface area contributed by atoms with Gasteiger partial charge >= 0.3 is 0 Å². The maximum Gasteiger partial charge on any atom is 0.291 e. The zero-order chi connectivity index (χ0) is 18.2. The van der Waals surface area contributed by atoms with Gasteiger partial charge in [-0.2, -0.15) is 0 Å². The second-order valence-electron chi connectivity index (χ2n) is 6.22. The Balaban J connectivity index is 2.03. The Bertz CT molecular complexity index is 702. The van der Waals surface area contributed by atoms with Crippen molar-refractivity contribution in [3.63, 3.8) is 0 Å². The number of aryl methyl sites for hydroxylation is 1. The number of carbonyl (C=O) groups excluding carboxylic acids is 2. The van der Waals surface area contributed by atoms with Crippen LogP contribution in [-0.4, -0.2) is 11.8 Å². The maximum atomic E-state index is 12.4. The smallest absolute Gasteiger partial charge is 0.291 e. The highest BCUT2D eigenvalue weighted by atomic mass is 16.3. The Kier molecular flexibility index (Phi) is 6.81. The summed E-state index contributed by atoms with van der Waals surface area (Å²) >= 11 is 0. The third kappa shape index (κ3) is 5.21. The largest absolute Gasteiger partial charge is 0.459 e. The summed E-state index contributed by atoms with van der Waals surface area (Å²) in [5.74, 6) is 0.0821. The van der Waals surface area contributed by atoms with Gasteiger partial charge in [-0.3, -0.25) is 9.59 Å². The standard InChI is InChI=1S/C20H26N2O3/c1-4-7-15(8-5-2)19(23)21-16-10-11-17(14(3)13-16)22-20(24)18-9-6-12-25-18/h6,9-13,15H,4-5,7-8H2,1-3H3,(H,21,23)(H,22,24). The molecule has 0 bridgehead atoms. The van der Waals surface area contributed by atoms with Crippen molar-refractivity contribution >= 4 is 23.2 Å². The highest BCUT2D eigenvalue weighted by Gasteiger charge is 2.17. The number of carbonyl (C=O) groups is 2. The lowest BCUT2D eigenvalue weighted by Crippen LogP contribution is -2.22. The minimum Gasteiger partial charge on any atom is -0.459 e. The average Bonchev–Trinajstić information content (AvgIpc) is 3.11. The average molecular weight is 342 g/mol. The van der Waals surface area contributed by atoms with Crippen LogP contribution in [0.1, 0.15) is 55.6 Å². The quantitative estimate of drug-likeness (QED) is 0.709. The minimum atomic E-state index is -0.296. The van der Waals surface area contributed by atoms with Gasteiger partial charge in [-0.25, -0.2) is 0 Å². The fraction of sp³-hybridized carbons (Fsp3) is 0.400. The lowest BCUT2D eigenvalue weighted by Gasteiger charge is -2.16. The van der Waals surface area contributed by atoms with Gasteiger partial charge in [0.1, 0.15) is 0 Å². The normalized spacial score (nSPS) is 10.7. The SMILES string of the molecule is CCCC(CCC)C(=O)Nc1ccc(NC(=O)c2ccco2)c(C)c1. The van der Waals surface area contributed by atoms with Crippen molar-refractivity contribution < 1.29 is 14.0 Å². The summed E-state index contributed by atoms with van der Waals surface area (Å²) in [6.07, 6.45) is 5.25. The van der Waals surface area contributed by atoms with Crippen molar-refractivity contribution in [1.29, 1.82) is 0 Å². The van der Waals surface area contributed by atoms with E-state index >= 15 is 0 Å². The van der Waals surface area contributed by atoms with E-state index in [1.807, 2.05) is 13.0 Å². The molecule has 0 radical (unpaired) electrons. The molecule has 2 rings (SSSR count). The van der Waals surface area contributed by atoms with E-state index in [-0.39, 0.29) is 23.5 Å². The molecule has 2 N–H and O–H groups in total. The molecule has 0 saturated carbocycles. The van der Waals surface area contributed by atoms with Gasteiger partial charge in [-0.1, -0.05) is 26.7 Å². The van der Waals surface area contributed by atoms with E-state index in [9.17, 15) is 9.59 Å². The fourth-order valence-electron chi connectivity index (χ4n) is 2.82. The molecule has 0 atom stereocenters. The van der Waals surface area contributed by atoms with Crippen molar-refractivity contribution in [2.45, 2.75) is 46.5 Å². The van der Waals surface area contributed by atoms with Gasteiger partial charge in [0, 0.05) is 17.3 Å². The molecule has 0 aliphatic carbocycles. The Hall–Kier alpha value is -2.56. The molecule has 0 fully saturated rings. The molecule has 5 nitrogen and oxygen atoms in total. The highest BCUT2D eigenvalue weighted by Crippen LogP contribution is 2.22. The van der Waals surface area contributed by atoms with Crippen LogP contribution in [0.15, 0.2) is 41.0 Å². The van der Waals surface area contributed by atoms with Crippen molar-refractivity contribution in [3.8, 4) is 0 Å². The Labute approximate surface area is 148 Å². The molecule has 0 aliphatic rings. The van der Waals surface area contributed by atoms with Gasteiger partial charge in [-0.15, -0.1) is 0 Å². The van der Waals surface area contributed by atoms with Crippen LogP contribution < -0.4 is 10.6 Å². The van der Waals surface area contributed by atoms with Gasteiger partial charge in [0.05, 0.1) is 6.26 Å². The Morgan fingerprint density at radius 1 is 1.08 bits per heavy atom. The van der Waals surface area contributed by atoms with E-state index in [0.29, 0.717) is 5.69 Å². The minimum absolute atomic E-state index is 0.0497. The van der Waals surface area contributed by atoms with E-state index in [2.05, 4.69) is 24.5 Å². The van der Waals surface area contributed by atoms with Crippen LogP contribution >= 0.6 is 0 Å². The maximum absolute atomic E-state index is 12.4. The zero-order valence-corrected chi connectivity index (χ0v) is 15.1. The number of hydrogen-bond donors (Lipinski definition) is 2. The number of nitrogens with one attached hydrogen (secondary N) is 2. The molecule has 0 saturated heterocycles. The van der Waals surface area contributed by atoms with Crippen molar-refractivity contribution in [2.24, 2.45) is 5.92 Å². The number of furan rings is 1. The van der Waals surface area contributed by atoms with Crippen LogP contribution in [0.3, 0.4) is 0 Å². The molecular weight excluding hydrogens is 316 g/mol. The fourth-order valence-corrected chi connectivity index (χ4v) is 2.82. The first-order chi connectivity index (χ1) is 12.0. The van der Waals surface area contributed by atoms with Gasteiger partial charge in [0.15, 0.2) is 5.76 Å². The lowest BCUT2D eigenvalue weighted by atomic mass is 9.97. The first-order valence-electron chi connectivity index (χ1n) is 8.81. The van der Waals surface area contributed by atoms with Crippen molar-refractivity contribution in [3.05, 3.63) is 47.9 Å². The van der Waals surface area contributed by atoms with Crippen LogP contribution in [0.4, 0.5) is 11.4 Å². The molecule has 0 aliphatic heterocycles. The third-order valence-corrected chi connectivity index (χ3v) is 4.13. The second-order valence-corrected chi connectivity index (χ2v) is 6.22. The summed E-state index contributed by atoms with van der Waals surface area (Å²) in [7, 11) is 0. The molecule has 0 unspecified atom stereocenters. The molecule has 2 aromatic rings. The van der Waals surface area contributed by atoms with Crippen LogP contribution in [0.2, 0.25) is 0 Å². The summed E-state index contributed by atoms with van der Waals surface area (Å²) in [6, 6.07) is 8.74. The summed E-state index contributed by atoms with van der Waals surface area (Å²) in [4.78, 5) is 24.5. The summed E-state index contributed by atoms with van der Waals surface area (Å²) < 4.78 is 5.09. The molecule has 25 heavy (non-hydrogen) atoms. The first kappa shape index (κ1) is 18.8. The Morgan fingerprint density at radius 2 is 1.80 bits per heavy atom.